The molecule has 7 nitrogen and oxygen atoms in total. The van der Waals surface area contributed by atoms with Gasteiger partial charge in [-0.2, -0.15) is 0 Å². The van der Waals surface area contributed by atoms with Gasteiger partial charge in [-0.05, 0) is 61.0 Å². The second kappa shape index (κ2) is 11.0. The minimum atomic E-state index is -0.336. The fourth-order valence-corrected chi connectivity index (χ4v) is 5.75. The van der Waals surface area contributed by atoms with E-state index in [0.29, 0.717) is 26.6 Å². The standard InChI is InChI=1S/C14H11ClN2OS.C14H13N3OS/c2*1-9(15)13-16-11-7-8-19-12(11)14(18)17(13)10-5-3-2-4-6-10/h2-9H,1H3;2-9H,15H2,1H3. The number of halogens is 1. The molecule has 6 rings (SSSR count). The highest BCUT2D eigenvalue weighted by molar-refractivity contribution is 7.17. The van der Waals surface area contributed by atoms with E-state index in [0.717, 1.165) is 16.9 Å². The zero-order valence-electron chi connectivity index (χ0n) is 20.6. The number of hydrogen-bond donors (Lipinski definition) is 1. The van der Waals surface area contributed by atoms with E-state index in [9.17, 15) is 9.59 Å². The number of thiophene rings is 2. The Kier molecular flexibility index (Phi) is 7.53. The summed E-state index contributed by atoms with van der Waals surface area (Å²) >= 11 is 8.99. The highest BCUT2D eigenvalue weighted by atomic mass is 35.5. The largest absolute Gasteiger partial charge is 0.322 e. The van der Waals surface area contributed by atoms with E-state index >= 15 is 0 Å². The van der Waals surface area contributed by atoms with Gasteiger partial charge >= 0.3 is 0 Å². The molecule has 0 spiro atoms. The number of fused-ring (bicyclic) bond motifs is 2. The topological polar surface area (TPSA) is 95.8 Å². The molecule has 38 heavy (non-hydrogen) atoms. The summed E-state index contributed by atoms with van der Waals surface area (Å²) in [6, 6.07) is 22.3. The summed E-state index contributed by atoms with van der Waals surface area (Å²) in [6.07, 6.45) is 0. The third-order valence-electron chi connectivity index (χ3n) is 5.80. The Bertz CT molecular complexity index is 1690. The lowest BCUT2D eigenvalue weighted by molar-refractivity contribution is 0.697. The van der Waals surface area contributed by atoms with Gasteiger partial charge in [-0.1, -0.05) is 36.4 Å². The zero-order valence-corrected chi connectivity index (χ0v) is 23.0. The number of benzene rings is 2. The molecule has 192 valence electrons. The van der Waals surface area contributed by atoms with Crippen molar-refractivity contribution in [3.8, 4) is 11.4 Å². The highest BCUT2D eigenvalue weighted by Gasteiger charge is 2.17. The van der Waals surface area contributed by atoms with Crippen LogP contribution in [-0.2, 0) is 0 Å². The predicted octanol–water partition coefficient (Wildman–Crippen LogP) is 6.21. The summed E-state index contributed by atoms with van der Waals surface area (Å²) in [4.78, 5) is 34.2. The van der Waals surface area contributed by atoms with Crippen LogP contribution in [0.1, 0.15) is 36.9 Å². The van der Waals surface area contributed by atoms with Crippen molar-refractivity contribution >= 4 is 54.7 Å². The van der Waals surface area contributed by atoms with Crippen molar-refractivity contribution in [2.24, 2.45) is 5.73 Å². The lowest BCUT2D eigenvalue weighted by Gasteiger charge is -2.14. The number of alkyl halides is 1. The van der Waals surface area contributed by atoms with E-state index in [-0.39, 0.29) is 22.5 Å². The Labute approximate surface area is 231 Å². The van der Waals surface area contributed by atoms with Crippen molar-refractivity contribution in [3.63, 3.8) is 0 Å². The van der Waals surface area contributed by atoms with Crippen LogP contribution in [0.3, 0.4) is 0 Å². The number of para-hydroxylation sites is 2. The molecule has 0 aliphatic heterocycles. The fraction of sp³-hybridized carbons (Fsp3) is 0.143. The SMILES string of the molecule is CC(Cl)c1nc2ccsc2c(=O)n1-c1ccccc1.CC(N)c1nc2ccsc2c(=O)n1-c1ccccc1. The van der Waals surface area contributed by atoms with Gasteiger partial charge in [0.2, 0.25) is 0 Å². The number of rotatable bonds is 4. The van der Waals surface area contributed by atoms with E-state index < -0.39 is 0 Å². The van der Waals surface area contributed by atoms with E-state index in [4.69, 9.17) is 17.3 Å². The molecule has 10 heteroatoms. The second-order valence-electron chi connectivity index (χ2n) is 8.57. The first-order chi connectivity index (χ1) is 18.4. The maximum atomic E-state index is 12.6. The number of hydrogen-bond acceptors (Lipinski definition) is 7. The molecule has 2 aromatic carbocycles. The monoisotopic (exact) mass is 561 g/mol. The molecule has 2 N–H and O–H groups in total. The lowest BCUT2D eigenvalue weighted by atomic mass is 10.2. The molecular formula is C28H24ClN5O2S2. The molecule has 6 aromatic rings. The van der Waals surface area contributed by atoms with Crippen LogP contribution in [0, 0.1) is 0 Å². The summed E-state index contributed by atoms with van der Waals surface area (Å²) in [5.41, 5.74) is 8.86. The quantitative estimate of drug-likeness (QED) is 0.258. The molecular weight excluding hydrogens is 538 g/mol. The molecule has 2 unspecified atom stereocenters. The summed E-state index contributed by atoms with van der Waals surface area (Å²) in [7, 11) is 0. The maximum Gasteiger partial charge on any atom is 0.276 e. The summed E-state index contributed by atoms with van der Waals surface area (Å²) < 4.78 is 4.51. The van der Waals surface area contributed by atoms with Crippen LogP contribution < -0.4 is 16.9 Å². The molecule has 4 heterocycles. The average molecular weight is 562 g/mol. The van der Waals surface area contributed by atoms with Crippen LogP contribution >= 0.6 is 34.3 Å². The van der Waals surface area contributed by atoms with Crippen molar-refractivity contribution in [3.05, 3.63) is 116 Å². The maximum absolute atomic E-state index is 12.6. The molecule has 4 aromatic heterocycles. The fourth-order valence-electron chi connectivity index (χ4n) is 4.08. The first-order valence-corrected chi connectivity index (χ1v) is 14.1. The van der Waals surface area contributed by atoms with Crippen molar-refractivity contribution < 1.29 is 0 Å². The van der Waals surface area contributed by atoms with Gasteiger partial charge in [0, 0.05) is 0 Å². The smallest absolute Gasteiger partial charge is 0.276 e. The van der Waals surface area contributed by atoms with Crippen LogP contribution in [0.4, 0.5) is 0 Å². The minimum Gasteiger partial charge on any atom is -0.322 e. The number of aromatic nitrogens is 4. The van der Waals surface area contributed by atoms with Crippen LogP contribution in [0.2, 0.25) is 0 Å². The van der Waals surface area contributed by atoms with Crippen molar-refractivity contribution in [1.82, 2.24) is 19.1 Å². The van der Waals surface area contributed by atoms with Crippen LogP contribution in [0.25, 0.3) is 31.8 Å². The number of nitrogens with zero attached hydrogens (tertiary/aromatic N) is 4. The van der Waals surface area contributed by atoms with Crippen molar-refractivity contribution in [2.75, 3.05) is 0 Å². The van der Waals surface area contributed by atoms with E-state index in [1.165, 1.54) is 22.7 Å². The van der Waals surface area contributed by atoms with Crippen molar-refractivity contribution in [1.29, 1.82) is 0 Å². The molecule has 2 atom stereocenters. The number of nitrogens with two attached hydrogens (primary N) is 1. The Morgan fingerprint density at radius 3 is 1.55 bits per heavy atom. The van der Waals surface area contributed by atoms with Gasteiger partial charge in [-0.15, -0.1) is 34.3 Å². The zero-order chi connectivity index (χ0) is 26.8. The predicted molar refractivity (Wildman–Crippen MR) is 157 cm³/mol. The Morgan fingerprint density at radius 2 is 1.13 bits per heavy atom. The summed E-state index contributed by atoms with van der Waals surface area (Å²) in [5.74, 6) is 1.16. The molecule has 0 fully saturated rings. The minimum absolute atomic E-state index is 0.0569. The lowest BCUT2D eigenvalue weighted by Crippen LogP contribution is -2.26. The first-order valence-electron chi connectivity index (χ1n) is 11.9. The van der Waals surface area contributed by atoms with Gasteiger partial charge in [-0.25, -0.2) is 9.97 Å². The van der Waals surface area contributed by atoms with Gasteiger partial charge in [-0.3, -0.25) is 18.7 Å². The Morgan fingerprint density at radius 1 is 0.711 bits per heavy atom. The van der Waals surface area contributed by atoms with Crippen LogP contribution in [0.5, 0.6) is 0 Å². The summed E-state index contributed by atoms with van der Waals surface area (Å²) in [6.45, 7) is 3.65. The van der Waals surface area contributed by atoms with E-state index in [2.05, 4.69) is 9.97 Å². The molecule has 0 radical (unpaired) electrons. The van der Waals surface area contributed by atoms with Gasteiger partial charge in [0.1, 0.15) is 21.0 Å². The molecule has 0 aliphatic rings. The molecule has 0 saturated heterocycles. The second-order valence-corrected chi connectivity index (χ2v) is 11.1. The third-order valence-corrected chi connectivity index (χ3v) is 7.78. The van der Waals surface area contributed by atoms with Crippen LogP contribution in [0.15, 0.2) is 93.1 Å². The van der Waals surface area contributed by atoms with Gasteiger partial charge in [0.25, 0.3) is 11.1 Å². The molecule has 0 amide bonds. The Balaban J connectivity index is 0.000000155. The van der Waals surface area contributed by atoms with Crippen LogP contribution in [-0.4, -0.2) is 19.1 Å². The molecule has 0 bridgehead atoms. The summed E-state index contributed by atoms with van der Waals surface area (Å²) in [5, 5.41) is 3.41. The highest BCUT2D eigenvalue weighted by Crippen LogP contribution is 2.24. The first kappa shape index (κ1) is 26.0. The van der Waals surface area contributed by atoms with Gasteiger partial charge < -0.3 is 5.73 Å². The molecule has 0 aliphatic carbocycles. The van der Waals surface area contributed by atoms with Gasteiger partial charge in [0.05, 0.1) is 33.8 Å². The van der Waals surface area contributed by atoms with Gasteiger partial charge in [0.15, 0.2) is 0 Å². The van der Waals surface area contributed by atoms with E-state index in [1.54, 1.807) is 9.13 Å². The van der Waals surface area contributed by atoms with Crippen molar-refractivity contribution in [2.45, 2.75) is 25.3 Å². The Hall–Kier alpha value is -3.63. The third kappa shape index (κ3) is 4.93. The van der Waals surface area contributed by atoms with E-state index in [1.807, 2.05) is 97.4 Å². The normalized spacial score (nSPS) is 12.7. The average Bonchev–Trinajstić information content (AvgIpc) is 3.60. The molecule has 0 saturated carbocycles.